The van der Waals surface area contributed by atoms with E-state index in [1.54, 1.807) is 0 Å². The summed E-state index contributed by atoms with van der Waals surface area (Å²) in [7, 11) is 0. The van der Waals surface area contributed by atoms with Crippen molar-refractivity contribution in [3.63, 3.8) is 0 Å². The number of hydrogen-bond acceptors (Lipinski definition) is 4. The maximum absolute atomic E-state index is 6.18. The molecule has 3 aromatic heterocycles. The normalized spacial score (nSPS) is 13.8. The van der Waals surface area contributed by atoms with Crippen LogP contribution in [0.4, 0.5) is 5.82 Å². The van der Waals surface area contributed by atoms with Crippen molar-refractivity contribution < 1.29 is 0 Å². The highest BCUT2D eigenvalue weighted by Gasteiger charge is 2.28. The van der Waals surface area contributed by atoms with Crippen molar-refractivity contribution in [2.75, 3.05) is 5.73 Å². The van der Waals surface area contributed by atoms with Gasteiger partial charge in [0.2, 0.25) is 0 Å². The van der Waals surface area contributed by atoms with Gasteiger partial charge in [0.15, 0.2) is 5.82 Å². The molecule has 0 spiro atoms. The first-order valence-electron chi connectivity index (χ1n) is 7.76. The maximum Gasteiger partial charge on any atom is 0.152 e. The van der Waals surface area contributed by atoms with Gasteiger partial charge >= 0.3 is 0 Å². The second-order valence-corrected chi connectivity index (χ2v) is 5.95. The van der Waals surface area contributed by atoms with Gasteiger partial charge in [0.05, 0.1) is 11.2 Å². The lowest BCUT2D eigenvalue weighted by Crippen LogP contribution is -2.01. The molecule has 0 bridgehead atoms. The SMILES string of the molecule is C=C1[CH]Cc2c1c(-c1cnc3ccccc3c1)c1c(N)ncnn21. The van der Waals surface area contributed by atoms with Crippen LogP contribution in [0.25, 0.3) is 33.1 Å². The van der Waals surface area contributed by atoms with Crippen molar-refractivity contribution in [2.24, 2.45) is 0 Å². The molecule has 1 radical (unpaired) electrons. The Bertz CT molecular complexity index is 1140. The molecule has 0 atom stereocenters. The molecule has 2 N–H and O–H groups in total. The van der Waals surface area contributed by atoms with Gasteiger partial charge in [-0.15, -0.1) is 0 Å². The second kappa shape index (κ2) is 4.64. The number of pyridine rings is 1. The van der Waals surface area contributed by atoms with Crippen molar-refractivity contribution in [3.05, 3.63) is 67.1 Å². The standard InChI is InChI=1S/C19H14N5/c1-11-6-7-15-16(11)17(18-19(20)22-10-23-24(15)18)13-8-12-4-2-3-5-14(12)21-9-13/h2-6,8-10H,1,7H2,(H2,20,22,23). The molecule has 0 amide bonds. The minimum Gasteiger partial charge on any atom is -0.382 e. The van der Waals surface area contributed by atoms with E-state index in [9.17, 15) is 0 Å². The molecule has 5 rings (SSSR count). The highest BCUT2D eigenvalue weighted by molar-refractivity contribution is 6.01. The van der Waals surface area contributed by atoms with Gasteiger partial charge in [-0.3, -0.25) is 4.98 Å². The van der Waals surface area contributed by atoms with Gasteiger partial charge in [-0.25, -0.2) is 9.50 Å². The van der Waals surface area contributed by atoms with Gasteiger partial charge in [-0.2, -0.15) is 5.10 Å². The molecule has 4 aromatic rings. The molecular weight excluding hydrogens is 298 g/mol. The lowest BCUT2D eigenvalue weighted by molar-refractivity contribution is 0.857. The highest BCUT2D eigenvalue weighted by atomic mass is 15.3. The molecule has 3 heterocycles. The number of benzene rings is 1. The molecule has 0 saturated carbocycles. The third-order valence-electron chi connectivity index (χ3n) is 4.59. The van der Waals surface area contributed by atoms with E-state index in [1.165, 1.54) is 6.33 Å². The zero-order valence-electron chi connectivity index (χ0n) is 12.9. The Kier molecular flexibility index (Phi) is 2.56. The molecule has 1 aliphatic rings. The van der Waals surface area contributed by atoms with Crippen LogP contribution in [0.2, 0.25) is 0 Å². The summed E-state index contributed by atoms with van der Waals surface area (Å²) in [6.45, 7) is 4.19. The van der Waals surface area contributed by atoms with Crippen molar-refractivity contribution >= 4 is 27.8 Å². The fourth-order valence-electron chi connectivity index (χ4n) is 3.52. The van der Waals surface area contributed by atoms with Crippen LogP contribution in [-0.4, -0.2) is 19.6 Å². The molecule has 0 fully saturated rings. The minimum atomic E-state index is 0.468. The largest absolute Gasteiger partial charge is 0.382 e. The number of rotatable bonds is 1. The summed E-state index contributed by atoms with van der Waals surface area (Å²) in [4.78, 5) is 8.77. The molecular formula is C19H14N5. The third-order valence-corrected chi connectivity index (χ3v) is 4.59. The van der Waals surface area contributed by atoms with Gasteiger partial charge in [0.25, 0.3) is 0 Å². The molecule has 0 saturated heterocycles. The average Bonchev–Trinajstić information content (AvgIpc) is 3.14. The molecule has 1 aliphatic carbocycles. The van der Waals surface area contributed by atoms with Gasteiger partial charge in [0, 0.05) is 28.3 Å². The van der Waals surface area contributed by atoms with Gasteiger partial charge in [-0.05, 0) is 30.5 Å². The predicted octanol–water partition coefficient (Wildman–Crippen LogP) is 3.30. The molecule has 115 valence electrons. The number of nitrogen functional groups attached to an aromatic ring is 1. The zero-order valence-corrected chi connectivity index (χ0v) is 12.9. The van der Waals surface area contributed by atoms with Crippen LogP contribution in [-0.2, 0) is 6.42 Å². The minimum absolute atomic E-state index is 0.468. The number of fused-ring (bicyclic) bond motifs is 4. The Morgan fingerprint density at radius 1 is 1.12 bits per heavy atom. The summed E-state index contributed by atoms with van der Waals surface area (Å²) in [6.07, 6.45) is 6.29. The smallest absolute Gasteiger partial charge is 0.152 e. The fraction of sp³-hybridized carbons (Fsp3) is 0.0526. The van der Waals surface area contributed by atoms with Gasteiger partial charge in [-0.1, -0.05) is 24.8 Å². The van der Waals surface area contributed by atoms with Crippen LogP contribution < -0.4 is 5.73 Å². The second-order valence-electron chi connectivity index (χ2n) is 5.95. The van der Waals surface area contributed by atoms with E-state index in [-0.39, 0.29) is 0 Å². The van der Waals surface area contributed by atoms with Gasteiger partial charge < -0.3 is 5.73 Å². The fourth-order valence-corrected chi connectivity index (χ4v) is 3.52. The summed E-state index contributed by atoms with van der Waals surface area (Å²) in [5.41, 5.74) is 13.2. The van der Waals surface area contributed by atoms with Crippen LogP contribution in [0.3, 0.4) is 0 Å². The van der Waals surface area contributed by atoms with Crippen molar-refractivity contribution in [1.82, 2.24) is 19.6 Å². The molecule has 0 aliphatic heterocycles. The topological polar surface area (TPSA) is 69.1 Å². The van der Waals surface area contributed by atoms with Crippen LogP contribution in [0.15, 0.2) is 49.4 Å². The average molecular weight is 312 g/mol. The first-order chi connectivity index (χ1) is 11.7. The van der Waals surface area contributed by atoms with E-state index in [1.807, 2.05) is 28.9 Å². The van der Waals surface area contributed by atoms with Crippen LogP contribution in [0, 0.1) is 6.42 Å². The molecule has 5 heteroatoms. The van der Waals surface area contributed by atoms with E-state index in [4.69, 9.17) is 5.73 Å². The predicted molar refractivity (Wildman–Crippen MR) is 95.2 cm³/mol. The van der Waals surface area contributed by atoms with Crippen molar-refractivity contribution in [1.29, 1.82) is 0 Å². The highest BCUT2D eigenvalue weighted by Crippen LogP contribution is 2.43. The molecule has 5 nitrogen and oxygen atoms in total. The monoisotopic (exact) mass is 312 g/mol. The van der Waals surface area contributed by atoms with E-state index < -0.39 is 0 Å². The summed E-state index contributed by atoms with van der Waals surface area (Å²) in [5.74, 6) is 0.468. The van der Waals surface area contributed by atoms with Crippen molar-refractivity contribution in [2.45, 2.75) is 6.42 Å². The molecule has 24 heavy (non-hydrogen) atoms. The Balaban J connectivity index is 1.91. The van der Waals surface area contributed by atoms with Crippen LogP contribution in [0.1, 0.15) is 11.3 Å². The first-order valence-corrected chi connectivity index (χ1v) is 7.76. The van der Waals surface area contributed by atoms with Crippen LogP contribution >= 0.6 is 0 Å². The number of anilines is 1. The number of para-hydroxylation sites is 1. The number of nitrogens with zero attached hydrogens (tertiary/aromatic N) is 4. The lowest BCUT2D eigenvalue weighted by Gasteiger charge is -2.07. The van der Waals surface area contributed by atoms with Crippen LogP contribution in [0.5, 0.6) is 0 Å². The zero-order chi connectivity index (χ0) is 16.3. The van der Waals surface area contributed by atoms with E-state index in [0.29, 0.717) is 5.82 Å². The number of nitrogens with two attached hydrogens (primary N) is 1. The Morgan fingerprint density at radius 2 is 2.00 bits per heavy atom. The summed E-state index contributed by atoms with van der Waals surface area (Å²) in [5, 5.41) is 5.49. The summed E-state index contributed by atoms with van der Waals surface area (Å²) >= 11 is 0. The summed E-state index contributed by atoms with van der Waals surface area (Å²) < 4.78 is 1.89. The first kappa shape index (κ1) is 13.2. The summed E-state index contributed by atoms with van der Waals surface area (Å²) in [6, 6.07) is 10.2. The maximum atomic E-state index is 6.18. The van der Waals surface area contributed by atoms with E-state index in [0.717, 1.165) is 50.8 Å². The quantitative estimate of drug-likeness (QED) is 0.585. The Labute approximate surface area is 138 Å². The lowest BCUT2D eigenvalue weighted by atomic mass is 9.99. The van der Waals surface area contributed by atoms with Gasteiger partial charge in [0.1, 0.15) is 11.8 Å². The Morgan fingerprint density at radius 3 is 2.92 bits per heavy atom. The number of hydrogen-bond donors (Lipinski definition) is 1. The number of aromatic nitrogens is 4. The Hall–Kier alpha value is -3.21. The third kappa shape index (κ3) is 1.66. The van der Waals surface area contributed by atoms with Crippen molar-refractivity contribution in [3.8, 4) is 11.1 Å². The molecule has 0 unspecified atom stereocenters. The van der Waals surface area contributed by atoms with E-state index in [2.05, 4.69) is 40.2 Å². The van der Waals surface area contributed by atoms with E-state index >= 15 is 0 Å². The molecule has 1 aromatic carbocycles. The number of allylic oxidation sites excluding steroid dienone is 1.